The maximum absolute atomic E-state index is 12.7. The topological polar surface area (TPSA) is 152 Å². The highest BCUT2D eigenvalue weighted by Gasteiger charge is 2.22. The lowest BCUT2D eigenvalue weighted by atomic mass is 10.1. The molecule has 0 bridgehead atoms. The zero-order valence-corrected chi connectivity index (χ0v) is 39.6. The molecule has 0 aliphatic heterocycles. The van der Waals surface area contributed by atoms with Crippen molar-refractivity contribution >= 4 is 19.8 Å². The van der Waals surface area contributed by atoms with Crippen molar-refractivity contribution in [2.45, 2.75) is 148 Å². The van der Waals surface area contributed by atoms with Gasteiger partial charge in [0.2, 0.25) is 0 Å². The van der Waals surface area contributed by atoms with Gasteiger partial charge in [-0.15, -0.1) is 0 Å². The average Bonchev–Trinajstić information content (AvgIpc) is 3.21. The van der Waals surface area contributed by atoms with Crippen molar-refractivity contribution in [3.63, 3.8) is 0 Å². The first-order valence-electron chi connectivity index (χ1n) is 22.8. The number of phosphoric acid groups is 1. The third-order valence-electron chi connectivity index (χ3n) is 8.99. The van der Waals surface area contributed by atoms with Gasteiger partial charge in [-0.1, -0.05) is 149 Å². The summed E-state index contributed by atoms with van der Waals surface area (Å²) < 4.78 is 33.7. The number of hydrogen-bond acceptors (Lipinski definition) is 10. The highest BCUT2D eigenvalue weighted by molar-refractivity contribution is 7.45. The lowest BCUT2D eigenvalue weighted by Crippen LogP contribution is -2.37. The normalized spacial score (nSPS) is 15.5. The third-order valence-corrected chi connectivity index (χ3v) is 9.95. The van der Waals surface area contributed by atoms with Crippen LogP contribution >= 0.6 is 7.82 Å². The van der Waals surface area contributed by atoms with Crippen LogP contribution in [0.2, 0.25) is 0 Å². The van der Waals surface area contributed by atoms with Crippen LogP contribution in [0.25, 0.3) is 0 Å². The first-order valence-corrected chi connectivity index (χ1v) is 24.3. The van der Waals surface area contributed by atoms with Crippen LogP contribution in [0.15, 0.2) is 109 Å². The number of rotatable bonds is 39. The van der Waals surface area contributed by atoms with Crippen molar-refractivity contribution in [3.05, 3.63) is 109 Å². The number of esters is 2. The molecule has 0 saturated heterocycles. The van der Waals surface area contributed by atoms with Crippen LogP contribution in [-0.4, -0.2) is 92.5 Å². The van der Waals surface area contributed by atoms with Crippen LogP contribution in [0, 0.1) is 0 Å². The highest BCUT2D eigenvalue weighted by Crippen LogP contribution is 2.38. The van der Waals surface area contributed by atoms with E-state index >= 15 is 0 Å². The Morgan fingerprint density at radius 2 is 1.15 bits per heavy atom. The summed E-state index contributed by atoms with van der Waals surface area (Å²) in [5, 5.41) is 20.2. The predicted molar refractivity (Wildman–Crippen MR) is 252 cm³/mol. The maximum Gasteiger partial charge on any atom is 0.306 e. The Labute approximate surface area is 375 Å². The molecule has 12 heteroatoms. The van der Waals surface area contributed by atoms with E-state index in [1.807, 2.05) is 51.5 Å². The van der Waals surface area contributed by atoms with Gasteiger partial charge in [-0.25, -0.2) is 0 Å². The summed E-state index contributed by atoms with van der Waals surface area (Å²) in [6.07, 6.45) is 47.6. The number of aliphatic hydroxyl groups is 2. The van der Waals surface area contributed by atoms with E-state index in [4.69, 9.17) is 18.5 Å². The average molecular weight is 888 g/mol. The van der Waals surface area contributed by atoms with Crippen LogP contribution in [0.4, 0.5) is 0 Å². The second kappa shape index (κ2) is 40.4. The number of allylic oxidation sites excluding steroid dienone is 16. The summed E-state index contributed by atoms with van der Waals surface area (Å²) in [5.74, 6) is -1.11. The number of ether oxygens (including phenoxy) is 2. The number of quaternary nitrogens is 1. The summed E-state index contributed by atoms with van der Waals surface area (Å²) in [6, 6.07) is 0. The molecule has 0 spiro atoms. The van der Waals surface area contributed by atoms with Gasteiger partial charge in [0.25, 0.3) is 7.82 Å². The minimum Gasteiger partial charge on any atom is -0.756 e. The van der Waals surface area contributed by atoms with Gasteiger partial charge < -0.3 is 38.1 Å². The standard InChI is InChI=1S/C50H82NO10P/c1-6-8-10-11-12-13-14-15-16-17-18-19-20-21-22-23-27-30-34-40-50(55)61-48(45-60-62(56,57)59-43-42-51(3,4)5)44-58-49(54)41-35-39-47(53)38-33-29-26-24-25-28-32-37-46(52)36-31-9-7-2/h8,10,12-13,15-16,18-19,21-22,25-26,28-29,32-33,37-38,46-48,52-53H,6-7,9,11,14,17,20,23-24,27,30-31,34-36,39-45H2,1-5H3/b10-8-,13-12-,16-15-,19-18-,22-21-,28-25-,29-26-,37-32+,38-33+/t46-,47-,48+/m0/s1. The Balaban J connectivity index is 4.66. The van der Waals surface area contributed by atoms with Crippen LogP contribution in [-0.2, 0) is 32.7 Å². The van der Waals surface area contributed by atoms with E-state index in [-0.39, 0.29) is 26.1 Å². The number of hydrogen-bond donors (Lipinski definition) is 2. The molecule has 0 amide bonds. The Morgan fingerprint density at radius 3 is 1.71 bits per heavy atom. The molecule has 1 unspecified atom stereocenters. The fourth-order valence-electron chi connectivity index (χ4n) is 5.36. The molecular weight excluding hydrogens is 806 g/mol. The van der Waals surface area contributed by atoms with Crippen LogP contribution in [0.5, 0.6) is 0 Å². The number of unbranched alkanes of at least 4 members (excludes halogenated alkanes) is 5. The minimum atomic E-state index is -4.70. The summed E-state index contributed by atoms with van der Waals surface area (Å²) in [7, 11) is 0.993. The van der Waals surface area contributed by atoms with E-state index in [9.17, 15) is 29.3 Å². The number of nitrogens with zero attached hydrogens (tertiary/aromatic N) is 1. The lowest BCUT2D eigenvalue weighted by Gasteiger charge is -2.28. The van der Waals surface area contributed by atoms with Crippen molar-refractivity contribution in [3.8, 4) is 0 Å². The molecule has 2 N–H and O–H groups in total. The zero-order valence-electron chi connectivity index (χ0n) is 38.7. The molecule has 0 aromatic rings. The molecule has 0 rings (SSSR count). The van der Waals surface area contributed by atoms with Crippen LogP contribution in [0.1, 0.15) is 129 Å². The molecule has 0 aromatic carbocycles. The summed E-state index contributed by atoms with van der Waals surface area (Å²) in [6.45, 7) is 3.68. The molecule has 4 atom stereocenters. The Bertz CT molecular complexity index is 1450. The molecule has 0 saturated carbocycles. The van der Waals surface area contributed by atoms with Crippen molar-refractivity contribution in [2.75, 3.05) is 47.5 Å². The van der Waals surface area contributed by atoms with Gasteiger partial charge in [-0.05, 0) is 77.0 Å². The zero-order chi connectivity index (χ0) is 46.0. The van der Waals surface area contributed by atoms with Crippen LogP contribution in [0.3, 0.4) is 0 Å². The summed E-state index contributed by atoms with van der Waals surface area (Å²) in [5.41, 5.74) is 0. The quantitative estimate of drug-likeness (QED) is 0.0152. The van der Waals surface area contributed by atoms with E-state index in [1.54, 1.807) is 18.2 Å². The number of likely N-dealkylation sites (N-methyl/N-ethyl adjacent to an activating group) is 1. The van der Waals surface area contributed by atoms with Gasteiger partial charge >= 0.3 is 11.9 Å². The van der Waals surface area contributed by atoms with E-state index < -0.39 is 44.7 Å². The smallest absolute Gasteiger partial charge is 0.306 e. The number of carbonyl (C=O) groups excluding carboxylic acids is 2. The number of carbonyl (C=O) groups is 2. The second-order valence-corrected chi connectivity index (χ2v) is 17.5. The SMILES string of the molecule is CC/C=C\C/C=C\C/C=C\C/C=C\C/C=C\CCCCCC(=O)O[C@H](COC(=O)CCC[C@@H](O)/C=C/C=C\C/C=C\C=C\[C@@H](O)CCCCC)COP(=O)([O-])OCC[N+](C)(C)C. The second-order valence-electron chi connectivity index (χ2n) is 16.1. The molecule has 0 aliphatic carbocycles. The fourth-order valence-corrected chi connectivity index (χ4v) is 6.09. The third kappa shape index (κ3) is 43.2. The first-order chi connectivity index (χ1) is 29.8. The minimum absolute atomic E-state index is 0.0139. The summed E-state index contributed by atoms with van der Waals surface area (Å²) in [4.78, 5) is 37.6. The molecule has 352 valence electrons. The van der Waals surface area contributed by atoms with E-state index in [1.165, 1.54) is 0 Å². The molecule has 0 radical (unpaired) electrons. The molecule has 0 heterocycles. The molecule has 0 fully saturated rings. The van der Waals surface area contributed by atoms with Gasteiger partial charge in [-0.2, -0.15) is 0 Å². The molecule has 0 aliphatic rings. The molecular formula is C50H82NO10P. The van der Waals surface area contributed by atoms with Gasteiger partial charge in [0.05, 0.1) is 40.0 Å². The Kier molecular flexibility index (Phi) is 38.1. The van der Waals surface area contributed by atoms with Gasteiger partial charge in [-0.3, -0.25) is 14.2 Å². The molecule has 11 nitrogen and oxygen atoms in total. The van der Waals surface area contributed by atoms with Crippen molar-refractivity contribution in [1.29, 1.82) is 0 Å². The first kappa shape index (κ1) is 58.6. The molecule has 62 heavy (non-hydrogen) atoms. The van der Waals surface area contributed by atoms with Gasteiger partial charge in [0.1, 0.15) is 19.8 Å². The van der Waals surface area contributed by atoms with Crippen molar-refractivity contribution < 1.29 is 52.3 Å². The van der Waals surface area contributed by atoms with Crippen molar-refractivity contribution in [2.24, 2.45) is 0 Å². The van der Waals surface area contributed by atoms with E-state index in [0.717, 1.165) is 77.0 Å². The maximum atomic E-state index is 12.7. The van der Waals surface area contributed by atoms with Crippen molar-refractivity contribution in [1.82, 2.24) is 0 Å². The van der Waals surface area contributed by atoms with E-state index in [0.29, 0.717) is 36.7 Å². The lowest BCUT2D eigenvalue weighted by molar-refractivity contribution is -0.870. The number of phosphoric ester groups is 1. The molecule has 0 aromatic heterocycles. The van der Waals surface area contributed by atoms with Crippen LogP contribution < -0.4 is 4.89 Å². The number of aliphatic hydroxyl groups excluding tert-OH is 2. The van der Waals surface area contributed by atoms with Gasteiger partial charge in [0.15, 0.2) is 6.10 Å². The van der Waals surface area contributed by atoms with E-state index in [2.05, 4.69) is 74.6 Å². The Morgan fingerprint density at radius 1 is 0.613 bits per heavy atom. The van der Waals surface area contributed by atoms with Gasteiger partial charge in [0, 0.05) is 12.8 Å². The summed E-state index contributed by atoms with van der Waals surface area (Å²) >= 11 is 0. The predicted octanol–water partition coefficient (Wildman–Crippen LogP) is 10.4. The fraction of sp³-hybridized carbons (Fsp3) is 0.600. The monoisotopic (exact) mass is 888 g/mol. The highest BCUT2D eigenvalue weighted by atomic mass is 31.2. The largest absolute Gasteiger partial charge is 0.756 e. The Hall–Kier alpha value is -3.41.